The standard InChI is InChI=1S/C24H22N4S/c1-16-11-12-22(17(2)13-16)28-23(26-27-24(28)29-18(3)15-25)14-20-9-6-8-19-7-4-5-10-21(19)20/h4-13,18H,14H2,1-3H3. The van der Waals surface area contributed by atoms with E-state index in [1.807, 2.05) is 6.92 Å². The molecule has 1 aromatic heterocycles. The summed E-state index contributed by atoms with van der Waals surface area (Å²) >= 11 is 1.44. The van der Waals surface area contributed by atoms with Gasteiger partial charge in [-0.3, -0.25) is 4.57 Å². The summed E-state index contributed by atoms with van der Waals surface area (Å²) in [5, 5.41) is 21.2. The zero-order valence-corrected chi connectivity index (χ0v) is 17.6. The highest BCUT2D eigenvalue weighted by Gasteiger charge is 2.19. The number of benzene rings is 3. The third kappa shape index (κ3) is 3.90. The molecule has 1 atom stereocenters. The quantitative estimate of drug-likeness (QED) is 0.409. The Morgan fingerprint density at radius 1 is 1.03 bits per heavy atom. The molecule has 29 heavy (non-hydrogen) atoms. The summed E-state index contributed by atoms with van der Waals surface area (Å²) in [6, 6.07) is 23.4. The predicted molar refractivity (Wildman–Crippen MR) is 119 cm³/mol. The number of fused-ring (bicyclic) bond motifs is 1. The van der Waals surface area contributed by atoms with E-state index in [-0.39, 0.29) is 5.25 Å². The summed E-state index contributed by atoms with van der Waals surface area (Å²) in [6.07, 6.45) is 0.670. The zero-order chi connectivity index (χ0) is 20.4. The Hall–Kier alpha value is -3.10. The average molecular weight is 399 g/mol. The predicted octanol–water partition coefficient (Wildman–Crippen LogP) is 5.63. The Bertz CT molecular complexity index is 1210. The molecular formula is C24H22N4S. The normalized spacial score (nSPS) is 12.1. The van der Waals surface area contributed by atoms with Crippen molar-refractivity contribution in [2.75, 3.05) is 0 Å². The molecule has 1 heterocycles. The SMILES string of the molecule is Cc1ccc(-n2c(Cc3cccc4ccccc34)nnc2SC(C)C#N)c(C)c1. The van der Waals surface area contributed by atoms with Crippen molar-refractivity contribution in [1.29, 1.82) is 5.26 Å². The van der Waals surface area contributed by atoms with Crippen molar-refractivity contribution < 1.29 is 0 Å². The smallest absolute Gasteiger partial charge is 0.197 e. The van der Waals surface area contributed by atoms with Gasteiger partial charge in [0.2, 0.25) is 0 Å². The summed E-state index contributed by atoms with van der Waals surface area (Å²) in [6.45, 7) is 6.08. The molecule has 4 aromatic rings. The van der Waals surface area contributed by atoms with Gasteiger partial charge in [-0.05, 0) is 48.7 Å². The molecule has 5 heteroatoms. The number of rotatable bonds is 5. The van der Waals surface area contributed by atoms with E-state index in [9.17, 15) is 5.26 Å². The monoisotopic (exact) mass is 398 g/mol. The van der Waals surface area contributed by atoms with Gasteiger partial charge in [-0.25, -0.2) is 0 Å². The van der Waals surface area contributed by atoms with Gasteiger partial charge in [0.05, 0.1) is 17.0 Å². The van der Waals surface area contributed by atoms with Crippen LogP contribution in [0.5, 0.6) is 0 Å². The highest BCUT2D eigenvalue weighted by atomic mass is 32.2. The van der Waals surface area contributed by atoms with Crippen LogP contribution in [0, 0.1) is 25.2 Å². The van der Waals surface area contributed by atoms with Gasteiger partial charge >= 0.3 is 0 Å². The van der Waals surface area contributed by atoms with Gasteiger partial charge in [0.15, 0.2) is 5.16 Å². The van der Waals surface area contributed by atoms with Gasteiger partial charge in [0, 0.05) is 6.42 Å². The Balaban J connectivity index is 1.84. The average Bonchev–Trinajstić information content (AvgIpc) is 3.10. The third-order valence-electron chi connectivity index (χ3n) is 4.99. The van der Waals surface area contributed by atoms with Crippen LogP contribution in [0.25, 0.3) is 16.5 Å². The van der Waals surface area contributed by atoms with Crippen LogP contribution in [0.3, 0.4) is 0 Å². The van der Waals surface area contributed by atoms with E-state index in [0.29, 0.717) is 6.42 Å². The van der Waals surface area contributed by atoms with Crippen LogP contribution in [0.15, 0.2) is 65.8 Å². The second-order valence-corrected chi connectivity index (χ2v) is 8.54. The van der Waals surface area contributed by atoms with E-state index in [1.54, 1.807) is 0 Å². The van der Waals surface area contributed by atoms with Crippen molar-refractivity contribution >= 4 is 22.5 Å². The first-order chi connectivity index (χ1) is 14.1. The van der Waals surface area contributed by atoms with Crippen LogP contribution in [-0.2, 0) is 6.42 Å². The lowest BCUT2D eigenvalue weighted by Crippen LogP contribution is -2.07. The number of hydrogen-bond acceptors (Lipinski definition) is 4. The van der Waals surface area contributed by atoms with Crippen LogP contribution in [0.2, 0.25) is 0 Å². The van der Waals surface area contributed by atoms with Crippen molar-refractivity contribution in [1.82, 2.24) is 14.8 Å². The fourth-order valence-corrected chi connectivity index (χ4v) is 4.36. The van der Waals surface area contributed by atoms with E-state index in [1.165, 1.54) is 33.7 Å². The highest BCUT2D eigenvalue weighted by Crippen LogP contribution is 2.29. The van der Waals surface area contributed by atoms with Crippen molar-refractivity contribution in [3.05, 3.63) is 83.2 Å². The molecule has 144 valence electrons. The molecule has 4 nitrogen and oxygen atoms in total. The summed E-state index contributed by atoms with van der Waals surface area (Å²) < 4.78 is 2.11. The molecule has 0 aliphatic carbocycles. The lowest BCUT2D eigenvalue weighted by molar-refractivity contribution is 0.841. The molecule has 3 aromatic carbocycles. The first-order valence-corrected chi connectivity index (χ1v) is 10.5. The fraction of sp³-hybridized carbons (Fsp3) is 0.208. The van der Waals surface area contributed by atoms with Gasteiger partial charge in [-0.2, -0.15) is 5.26 Å². The van der Waals surface area contributed by atoms with Gasteiger partial charge in [-0.1, -0.05) is 71.9 Å². The third-order valence-corrected chi connectivity index (χ3v) is 5.92. The number of hydrogen-bond donors (Lipinski definition) is 0. The van der Waals surface area contributed by atoms with E-state index in [2.05, 4.69) is 95.3 Å². The number of thioether (sulfide) groups is 1. The molecule has 1 unspecified atom stereocenters. The lowest BCUT2D eigenvalue weighted by Gasteiger charge is -2.14. The van der Waals surface area contributed by atoms with Gasteiger partial charge in [0.1, 0.15) is 5.82 Å². The summed E-state index contributed by atoms with van der Waals surface area (Å²) in [4.78, 5) is 0. The van der Waals surface area contributed by atoms with E-state index >= 15 is 0 Å². The van der Waals surface area contributed by atoms with Crippen molar-refractivity contribution in [3.8, 4) is 11.8 Å². The van der Waals surface area contributed by atoms with Crippen molar-refractivity contribution in [2.45, 2.75) is 37.6 Å². The molecule has 0 saturated heterocycles. The first kappa shape index (κ1) is 19.2. The Labute approximate surface area is 175 Å². The van der Waals surface area contributed by atoms with Crippen molar-refractivity contribution in [3.63, 3.8) is 0 Å². The largest absolute Gasteiger partial charge is 0.273 e. The Kier molecular flexibility index (Phi) is 5.37. The minimum atomic E-state index is -0.200. The fourth-order valence-electron chi connectivity index (χ4n) is 3.59. The number of nitrogens with zero attached hydrogens (tertiary/aromatic N) is 4. The van der Waals surface area contributed by atoms with Crippen LogP contribution < -0.4 is 0 Å². The molecule has 4 rings (SSSR count). The molecule has 0 aliphatic rings. The lowest BCUT2D eigenvalue weighted by atomic mass is 10.0. The molecule has 0 amide bonds. The van der Waals surface area contributed by atoms with Crippen molar-refractivity contribution in [2.24, 2.45) is 0 Å². The van der Waals surface area contributed by atoms with E-state index < -0.39 is 0 Å². The Morgan fingerprint density at radius 2 is 1.83 bits per heavy atom. The molecule has 0 saturated carbocycles. The van der Waals surface area contributed by atoms with Gasteiger partial charge < -0.3 is 0 Å². The van der Waals surface area contributed by atoms with E-state index in [0.717, 1.165) is 22.2 Å². The molecule has 0 spiro atoms. The number of aromatic nitrogens is 3. The maximum Gasteiger partial charge on any atom is 0.197 e. The molecular weight excluding hydrogens is 376 g/mol. The molecule has 0 N–H and O–H groups in total. The van der Waals surface area contributed by atoms with Crippen LogP contribution in [0.1, 0.15) is 29.4 Å². The van der Waals surface area contributed by atoms with E-state index in [4.69, 9.17) is 0 Å². The molecule has 0 bridgehead atoms. The van der Waals surface area contributed by atoms with Crippen LogP contribution >= 0.6 is 11.8 Å². The molecule has 0 fully saturated rings. The highest BCUT2D eigenvalue weighted by molar-refractivity contribution is 8.00. The van der Waals surface area contributed by atoms with Gasteiger partial charge in [-0.15, -0.1) is 10.2 Å². The van der Waals surface area contributed by atoms with Crippen LogP contribution in [0.4, 0.5) is 0 Å². The Morgan fingerprint density at radius 3 is 2.62 bits per heavy atom. The molecule has 0 radical (unpaired) electrons. The molecule has 0 aliphatic heterocycles. The minimum absolute atomic E-state index is 0.200. The second kappa shape index (κ2) is 8.10. The zero-order valence-electron chi connectivity index (χ0n) is 16.8. The number of aryl methyl sites for hydroxylation is 2. The van der Waals surface area contributed by atoms with Crippen LogP contribution in [-0.4, -0.2) is 20.0 Å². The van der Waals surface area contributed by atoms with Gasteiger partial charge in [0.25, 0.3) is 0 Å². The maximum atomic E-state index is 9.28. The summed E-state index contributed by atoms with van der Waals surface area (Å²) in [7, 11) is 0. The minimum Gasteiger partial charge on any atom is -0.273 e. The first-order valence-electron chi connectivity index (χ1n) is 9.61. The summed E-state index contributed by atoms with van der Waals surface area (Å²) in [5.41, 5.74) is 4.65. The topological polar surface area (TPSA) is 54.5 Å². The summed E-state index contributed by atoms with van der Waals surface area (Å²) in [5.74, 6) is 0.876. The maximum absolute atomic E-state index is 9.28. The second-order valence-electron chi connectivity index (χ2n) is 7.23. The number of nitriles is 1.